The molecule has 0 aliphatic heterocycles. The first-order chi connectivity index (χ1) is 8.47. The zero-order chi connectivity index (χ0) is 13.3. The summed E-state index contributed by atoms with van der Waals surface area (Å²) < 4.78 is 14.0. The summed E-state index contributed by atoms with van der Waals surface area (Å²) in [7, 11) is 0. The van der Waals surface area contributed by atoms with Crippen LogP contribution in [0.1, 0.15) is 28.4 Å². The molecule has 1 unspecified atom stereocenters. The van der Waals surface area contributed by atoms with Crippen LogP contribution in [0.4, 0.5) is 4.39 Å². The minimum absolute atomic E-state index is 0.350. The zero-order valence-corrected chi connectivity index (χ0v) is 11.8. The highest BCUT2D eigenvalue weighted by molar-refractivity contribution is 9.10. The maximum absolute atomic E-state index is 13.2. The van der Waals surface area contributed by atoms with Crippen molar-refractivity contribution in [1.82, 2.24) is 0 Å². The summed E-state index contributed by atoms with van der Waals surface area (Å²) >= 11 is 3.34. The van der Waals surface area contributed by atoms with Crippen molar-refractivity contribution in [3.05, 3.63) is 68.9 Å². The Morgan fingerprint density at radius 1 is 1.06 bits per heavy atom. The summed E-state index contributed by atoms with van der Waals surface area (Å²) in [6.07, 6.45) is -0.825. The van der Waals surface area contributed by atoms with E-state index in [1.165, 1.54) is 12.1 Å². The molecule has 0 fully saturated rings. The molecule has 0 amide bonds. The highest BCUT2D eigenvalue weighted by atomic mass is 79.9. The van der Waals surface area contributed by atoms with Crippen molar-refractivity contribution < 1.29 is 9.50 Å². The molecule has 0 saturated heterocycles. The number of halogens is 2. The van der Waals surface area contributed by atoms with Crippen molar-refractivity contribution in [3.63, 3.8) is 0 Å². The quantitative estimate of drug-likeness (QED) is 0.877. The van der Waals surface area contributed by atoms with Crippen LogP contribution >= 0.6 is 15.9 Å². The van der Waals surface area contributed by atoms with Gasteiger partial charge in [0.15, 0.2) is 0 Å². The van der Waals surface area contributed by atoms with E-state index in [1.807, 2.05) is 32.0 Å². The van der Waals surface area contributed by atoms with Gasteiger partial charge in [0.25, 0.3) is 0 Å². The second-order valence-electron chi connectivity index (χ2n) is 4.49. The Morgan fingerprint density at radius 3 is 2.28 bits per heavy atom. The number of aliphatic hydroxyl groups is 1. The summed E-state index contributed by atoms with van der Waals surface area (Å²) in [5.74, 6) is -0.350. The molecule has 1 N–H and O–H groups in total. The number of hydrogen-bond acceptors (Lipinski definition) is 1. The molecule has 2 rings (SSSR count). The maximum atomic E-state index is 13.2. The Kier molecular flexibility index (Phi) is 3.83. The van der Waals surface area contributed by atoms with Crippen molar-refractivity contribution in [1.29, 1.82) is 0 Å². The SMILES string of the molecule is Cc1cc(C)cc(C(O)c2cc(F)ccc2Br)c1. The molecule has 0 aliphatic rings. The van der Waals surface area contributed by atoms with Crippen LogP contribution in [0.15, 0.2) is 40.9 Å². The van der Waals surface area contributed by atoms with E-state index in [1.54, 1.807) is 6.07 Å². The van der Waals surface area contributed by atoms with E-state index in [0.29, 0.717) is 10.0 Å². The second-order valence-corrected chi connectivity index (χ2v) is 5.34. The van der Waals surface area contributed by atoms with E-state index >= 15 is 0 Å². The van der Waals surface area contributed by atoms with Gasteiger partial charge < -0.3 is 5.11 Å². The lowest BCUT2D eigenvalue weighted by molar-refractivity contribution is 0.219. The van der Waals surface area contributed by atoms with E-state index in [-0.39, 0.29) is 5.82 Å². The summed E-state index contributed by atoms with van der Waals surface area (Å²) in [4.78, 5) is 0. The van der Waals surface area contributed by atoms with Crippen molar-refractivity contribution in [2.24, 2.45) is 0 Å². The van der Waals surface area contributed by atoms with Gasteiger partial charge in [-0.15, -0.1) is 0 Å². The average molecular weight is 309 g/mol. The van der Waals surface area contributed by atoms with Gasteiger partial charge in [-0.2, -0.15) is 0 Å². The third-order valence-corrected chi connectivity index (χ3v) is 3.53. The topological polar surface area (TPSA) is 20.2 Å². The predicted molar refractivity (Wildman–Crippen MR) is 74.1 cm³/mol. The maximum Gasteiger partial charge on any atom is 0.123 e. The molecule has 1 atom stereocenters. The Hall–Kier alpha value is -1.19. The van der Waals surface area contributed by atoms with Crippen LogP contribution in [-0.2, 0) is 0 Å². The van der Waals surface area contributed by atoms with Gasteiger partial charge >= 0.3 is 0 Å². The summed E-state index contributed by atoms with van der Waals surface area (Å²) in [6, 6.07) is 10.2. The van der Waals surface area contributed by atoms with Crippen LogP contribution in [0.3, 0.4) is 0 Å². The van der Waals surface area contributed by atoms with Gasteiger partial charge in [-0.1, -0.05) is 45.3 Å². The smallest absolute Gasteiger partial charge is 0.123 e. The van der Waals surface area contributed by atoms with Crippen LogP contribution < -0.4 is 0 Å². The monoisotopic (exact) mass is 308 g/mol. The fourth-order valence-corrected chi connectivity index (χ4v) is 2.53. The van der Waals surface area contributed by atoms with Crippen molar-refractivity contribution in [3.8, 4) is 0 Å². The van der Waals surface area contributed by atoms with Gasteiger partial charge in [0.05, 0.1) is 0 Å². The molecule has 0 saturated carbocycles. The van der Waals surface area contributed by atoms with Crippen molar-refractivity contribution in [2.75, 3.05) is 0 Å². The molecule has 0 bridgehead atoms. The summed E-state index contributed by atoms with van der Waals surface area (Å²) in [5.41, 5.74) is 3.48. The van der Waals surface area contributed by atoms with Crippen LogP contribution in [-0.4, -0.2) is 5.11 Å². The molecule has 2 aromatic rings. The van der Waals surface area contributed by atoms with E-state index in [0.717, 1.165) is 16.7 Å². The van der Waals surface area contributed by atoms with E-state index < -0.39 is 6.10 Å². The lowest BCUT2D eigenvalue weighted by Gasteiger charge is -2.15. The highest BCUT2D eigenvalue weighted by Gasteiger charge is 2.15. The molecule has 0 radical (unpaired) electrons. The van der Waals surface area contributed by atoms with E-state index in [2.05, 4.69) is 15.9 Å². The van der Waals surface area contributed by atoms with Gasteiger partial charge in [0, 0.05) is 10.0 Å². The number of benzene rings is 2. The molecule has 1 nitrogen and oxygen atoms in total. The molecule has 2 aromatic carbocycles. The molecule has 0 heterocycles. The molecule has 3 heteroatoms. The first-order valence-corrected chi connectivity index (χ1v) is 6.48. The largest absolute Gasteiger partial charge is 0.384 e. The van der Waals surface area contributed by atoms with Crippen molar-refractivity contribution in [2.45, 2.75) is 20.0 Å². The summed E-state index contributed by atoms with van der Waals surface area (Å²) in [5, 5.41) is 10.3. The Morgan fingerprint density at radius 2 is 1.67 bits per heavy atom. The molecule has 94 valence electrons. The van der Waals surface area contributed by atoms with E-state index in [4.69, 9.17) is 0 Å². The fraction of sp³-hybridized carbons (Fsp3) is 0.200. The molecule has 0 aliphatic carbocycles. The number of rotatable bonds is 2. The minimum Gasteiger partial charge on any atom is -0.384 e. The highest BCUT2D eigenvalue weighted by Crippen LogP contribution is 2.30. The molecular formula is C15H14BrFO. The lowest BCUT2D eigenvalue weighted by Crippen LogP contribution is -2.02. The van der Waals surface area contributed by atoms with Crippen LogP contribution in [0.2, 0.25) is 0 Å². The predicted octanol–water partition coefficient (Wildman–Crippen LogP) is 4.29. The van der Waals surface area contributed by atoms with Crippen LogP contribution in [0, 0.1) is 19.7 Å². The zero-order valence-electron chi connectivity index (χ0n) is 10.2. The molecule has 18 heavy (non-hydrogen) atoms. The van der Waals surface area contributed by atoms with Gasteiger partial charge in [0.2, 0.25) is 0 Å². The number of aliphatic hydroxyl groups excluding tert-OH is 1. The Bertz CT molecular complexity index is 560. The van der Waals surface area contributed by atoms with Gasteiger partial charge in [-0.05, 0) is 37.6 Å². The Labute approximate surface area is 114 Å². The van der Waals surface area contributed by atoms with Crippen molar-refractivity contribution >= 4 is 15.9 Å². The van der Waals surface area contributed by atoms with E-state index in [9.17, 15) is 9.50 Å². The Balaban J connectivity index is 2.47. The molecule has 0 spiro atoms. The first kappa shape index (κ1) is 13.2. The van der Waals surface area contributed by atoms with Gasteiger partial charge in [-0.25, -0.2) is 4.39 Å². The third-order valence-electron chi connectivity index (χ3n) is 2.81. The fourth-order valence-electron chi connectivity index (χ4n) is 2.07. The van der Waals surface area contributed by atoms with Crippen LogP contribution in [0.25, 0.3) is 0 Å². The number of hydrogen-bond donors (Lipinski definition) is 1. The second kappa shape index (κ2) is 5.21. The standard InChI is InChI=1S/C15H14BrFO/c1-9-5-10(2)7-11(6-9)15(18)13-8-12(17)3-4-14(13)16/h3-8,15,18H,1-2H3. The number of aryl methyl sites for hydroxylation is 2. The average Bonchev–Trinajstić information content (AvgIpc) is 2.30. The van der Waals surface area contributed by atoms with Gasteiger partial charge in [-0.3, -0.25) is 0 Å². The minimum atomic E-state index is -0.825. The normalized spacial score (nSPS) is 12.5. The lowest BCUT2D eigenvalue weighted by atomic mass is 9.98. The molecular weight excluding hydrogens is 295 g/mol. The van der Waals surface area contributed by atoms with Crippen LogP contribution in [0.5, 0.6) is 0 Å². The van der Waals surface area contributed by atoms with Gasteiger partial charge in [0.1, 0.15) is 11.9 Å². The third kappa shape index (κ3) is 2.79. The molecule has 0 aromatic heterocycles. The summed E-state index contributed by atoms with van der Waals surface area (Å²) in [6.45, 7) is 3.95. The first-order valence-electron chi connectivity index (χ1n) is 5.68.